The number of thiazole rings is 1. The Kier molecular flexibility index (Phi) is 6.96. The number of ketones is 1. The summed E-state index contributed by atoms with van der Waals surface area (Å²) in [7, 11) is -3.78. The van der Waals surface area contributed by atoms with Crippen molar-refractivity contribution in [2.45, 2.75) is 25.2 Å². The SMILES string of the molecule is Cc1ccccc1C(=O)c1cnc(NCCCNS(=O)(=O)c2cc(F)ccc2C)s1. The Labute approximate surface area is 179 Å². The van der Waals surface area contributed by atoms with Crippen LogP contribution in [0.2, 0.25) is 0 Å². The number of hydrogen-bond donors (Lipinski definition) is 2. The van der Waals surface area contributed by atoms with Crippen molar-refractivity contribution < 1.29 is 17.6 Å². The number of nitrogens with one attached hydrogen (secondary N) is 2. The van der Waals surface area contributed by atoms with Gasteiger partial charge >= 0.3 is 0 Å². The summed E-state index contributed by atoms with van der Waals surface area (Å²) in [4.78, 5) is 17.3. The minimum atomic E-state index is -3.78. The number of anilines is 1. The van der Waals surface area contributed by atoms with Crippen molar-refractivity contribution in [3.8, 4) is 0 Å². The predicted molar refractivity (Wildman–Crippen MR) is 116 cm³/mol. The Bertz CT molecular complexity index is 1160. The lowest BCUT2D eigenvalue weighted by Crippen LogP contribution is -2.26. The molecule has 3 aromatic rings. The van der Waals surface area contributed by atoms with E-state index >= 15 is 0 Å². The Morgan fingerprint density at radius 3 is 2.63 bits per heavy atom. The monoisotopic (exact) mass is 447 g/mol. The molecule has 9 heteroatoms. The third-order valence-electron chi connectivity index (χ3n) is 4.48. The van der Waals surface area contributed by atoms with E-state index < -0.39 is 15.8 Å². The molecule has 1 aromatic heterocycles. The van der Waals surface area contributed by atoms with Crippen LogP contribution in [0.25, 0.3) is 0 Å². The largest absolute Gasteiger partial charge is 0.361 e. The molecule has 0 amide bonds. The Balaban J connectivity index is 1.50. The number of aryl methyl sites for hydroxylation is 2. The van der Waals surface area contributed by atoms with Crippen LogP contribution in [0.4, 0.5) is 9.52 Å². The predicted octanol–water partition coefficient (Wildman–Crippen LogP) is 3.91. The molecule has 30 heavy (non-hydrogen) atoms. The standard InChI is InChI=1S/C21H22FN3O3S2/c1-14-6-3-4-7-17(14)20(26)18-13-24-21(29-18)23-10-5-11-25-30(27,28)19-12-16(22)9-8-15(19)2/h3-4,6-9,12-13,25H,5,10-11H2,1-2H3,(H,23,24). The fourth-order valence-electron chi connectivity index (χ4n) is 2.85. The fourth-order valence-corrected chi connectivity index (χ4v) is 4.98. The number of sulfonamides is 1. The number of nitrogens with zero attached hydrogens (tertiary/aromatic N) is 1. The van der Waals surface area contributed by atoms with Crippen LogP contribution >= 0.6 is 11.3 Å². The molecule has 3 rings (SSSR count). The molecule has 0 unspecified atom stereocenters. The number of hydrogen-bond acceptors (Lipinski definition) is 6. The molecular formula is C21H22FN3O3S2. The molecule has 0 aliphatic carbocycles. The lowest BCUT2D eigenvalue weighted by atomic mass is 10.0. The van der Waals surface area contributed by atoms with E-state index in [4.69, 9.17) is 0 Å². The molecule has 2 aromatic carbocycles. The Hall–Kier alpha value is -2.62. The summed E-state index contributed by atoms with van der Waals surface area (Å²) in [5, 5.41) is 3.69. The number of carbonyl (C=O) groups is 1. The van der Waals surface area contributed by atoms with E-state index in [1.165, 1.54) is 29.7 Å². The Morgan fingerprint density at radius 1 is 1.10 bits per heavy atom. The average Bonchev–Trinajstić information content (AvgIpc) is 3.18. The van der Waals surface area contributed by atoms with Crippen LogP contribution in [-0.2, 0) is 10.0 Å². The van der Waals surface area contributed by atoms with Crippen LogP contribution in [0, 0.1) is 19.7 Å². The number of benzene rings is 2. The molecule has 0 spiro atoms. The summed E-state index contributed by atoms with van der Waals surface area (Å²) in [6.07, 6.45) is 2.03. The topological polar surface area (TPSA) is 88.2 Å². The van der Waals surface area contributed by atoms with Crippen molar-refractivity contribution in [1.82, 2.24) is 9.71 Å². The zero-order valence-corrected chi connectivity index (χ0v) is 18.2. The highest BCUT2D eigenvalue weighted by Crippen LogP contribution is 2.22. The number of halogens is 1. The maximum atomic E-state index is 13.4. The number of aromatic nitrogens is 1. The van der Waals surface area contributed by atoms with Gasteiger partial charge in [-0.05, 0) is 43.5 Å². The zero-order chi connectivity index (χ0) is 21.7. The van der Waals surface area contributed by atoms with Crippen LogP contribution in [0.15, 0.2) is 53.6 Å². The van der Waals surface area contributed by atoms with Gasteiger partial charge in [-0.3, -0.25) is 4.79 Å². The first kappa shape index (κ1) is 22.1. The minimum absolute atomic E-state index is 0.0604. The van der Waals surface area contributed by atoms with Gasteiger partial charge in [0.15, 0.2) is 5.13 Å². The molecule has 0 fully saturated rings. The van der Waals surface area contributed by atoms with Crippen molar-refractivity contribution in [1.29, 1.82) is 0 Å². The van der Waals surface area contributed by atoms with Crippen LogP contribution < -0.4 is 10.0 Å². The molecule has 1 heterocycles. The van der Waals surface area contributed by atoms with Crippen molar-refractivity contribution in [2.75, 3.05) is 18.4 Å². The van der Waals surface area contributed by atoms with E-state index in [1.807, 2.05) is 25.1 Å². The highest BCUT2D eigenvalue weighted by molar-refractivity contribution is 7.89. The second-order valence-electron chi connectivity index (χ2n) is 6.76. The fraction of sp³-hybridized carbons (Fsp3) is 0.238. The van der Waals surface area contributed by atoms with E-state index in [2.05, 4.69) is 15.0 Å². The van der Waals surface area contributed by atoms with Gasteiger partial charge in [-0.15, -0.1) is 0 Å². The first-order valence-electron chi connectivity index (χ1n) is 9.34. The van der Waals surface area contributed by atoms with Gasteiger partial charge < -0.3 is 5.32 Å². The first-order chi connectivity index (χ1) is 14.3. The first-order valence-corrected chi connectivity index (χ1v) is 11.6. The lowest BCUT2D eigenvalue weighted by molar-refractivity contribution is 0.104. The summed E-state index contributed by atoms with van der Waals surface area (Å²) in [5.41, 5.74) is 2.04. The van der Waals surface area contributed by atoms with Gasteiger partial charge in [0.1, 0.15) is 5.82 Å². The van der Waals surface area contributed by atoms with Gasteiger partial charge in [-0.2, -0.15) is 0 Å². The second-order valence-corrected chi connectivity index (χ2v) is 9.53. The molecule has 0 radical (unpaired) electrons. The van der Waals surface area contributed by atoms with E-state index in [0.29, 0.717) is 34.1 Å². The number of rotatable bonds is 9. The lowest BCUT2D eigenvalue weighted by Gasteiger charge is -2.09. The molecule has 6 nitrogen and oxygen atoms in total. The van der Waals surface area contributed by atoms with Crippen molar-refractivity contribution in [3.05, 3.63) is 76.0 Å². The summed E-state index contributed by atoms with van der Waals surface area (Å²) >= 11 is 1.26. The third-order valence-corrected chi connectivity index (χ3v) is 7.04. The summed E-state index contributed by atoms with van der Waals surface area (Å²) < 4.78 is 40.5. The van der Waals surface area contributed by atoms with Crippen molar-refractivity contribution in [2.24, 2.45) is 0 Å². The van der Waals surface area contributed by atoms with Crippen LogP contribution in [-0.4, -0.2) is 32.3 Å². The van der Waals surface area contributed by atoms with Crippen molar-refractivity contribution >= 4 is 32.3 Å². The summed E-state index contributed by atoms with van der Waals surface area (Å²) in [6, 6.07) is 11.1. The van der Waals surface area contributed by atoms with Gasteiger partial charge in [0.2, 0.25) is 15.8 Å². The zero-order valence-electron chi connectivity index (χ0n) is 16.6. The molecule has 2 N–H and O–H groups in total. The molecule has 0 aliphatic rings. The molecule has 0 aliphatic heterocycles. The highest BCUT2D eigenvalue weighted by Gasteiger charge is 2.17. The quantitative estimate of drug-likeness (QED) is 0.384. The molecule has 0 bridgehead atoms. The van der Waals surface area contributed by atoms with Gasteiger partial charge in [0.25, 0.3) is 0 Å². The van der Waals surface area contributed by atoms with Crippen LogP contribution in [0.3, 0.4) is 0 Å². The molecule has 0 atom stereocenters. The van der Waals surface area contributed by atoms with Gasteiger partial charge in [-0.1, -0.05) is 41.7 Å². The molecular weight excluding hydrogens is 425 g/mol. The average molecular weight is 448 g/mol. The second kappa shape index (κ2) is 9.46. The third kappa shape index (κ3) is 5.29. The van der Waals surface area contributed by atoms with Crippen LogP contribution in [0.1, 0.15) is 32.8 Å². The van der Waals surface area contributed by atoms with Gasteiger partial charge in [-0.25, -0.2) is 22.5 Å². The van der Waals surface area contributed by atoms with Gasteiger partial charge in [0.05, 0.1) is 16.0 Å². The van der Waals surface area contributed by atoms with E-state index in [0.717, 1.165) is 11.6 Å². The molecule has 0 saturated heterocycles. The summed E-state index contributed by atoms with van der Waals surface area (Å²) in [5.74, 6) is -0.667. The van der Waals surface area contributed by atoms with Crippen LogP contribution in [0.5, 0.6) is 0 Å². The van der Waals surface area contributed by atoms with Crippen molar-refractivity contribution in [3.63, 3.8) is 0 Å². The summed E-state index contributed by atoms with van der Waals surface area (Å²) in [6.45, 7) is 4.16. The smallest absolute Gasteiger partial charge is 0.240 e. The Morgan fingerprint density at radius 2 is 1.87 bits per heavy atom. The van der Waals surface area contributed by atoms with E-state index in [-0.39, 0.29) is 17.2 Å². The number of carbonyl (C=O) groups excluding carboxylic acids is 1. The maximum Gasteiger partial charge on any atom is 0.240 e. The van der Waals surface area contributed by atoms with Gasteiger partial charge in [0, 0.05) is 18.7 Å². The highest BCUT2D eigenvalue weighted by atomic mass is 32.2. The minimum Gasteiger partial charge on any atom is -0.361 e. The molecule has 0 saturated carbocycles. The van der Waals surface area contributed by atoms with E-state index in [9.17, 15) is 17.6 Å². The maximum absolute atomic E-state index is 13.4. The van der Waals surface area contributed by atoms with E-state index in [1.54, 1.807) is 13.0 Å². The molecule has 158 valence electrons. The normalized spacial score (nSPS) is 11.4.